The van der Waals surface area contributed by atoms with E-state index in [0.717, 1.165) is 28.0 Å². The predicted molar refractivity (Wildman–Crippen MR) is 75.2 cm³/mol. The van der Waals surface area contributed by atoms with Gasteiger partial charge in [-0.3, -0.25) is 4.98 Å². The molecule has 0 radical (unpaired) electrons. The molecule has 5 heteroatoms. The SMILES string of the molecule is COc1c(C)cc(-c2nccnc2C(=O)O)c(C)c1C. The van der Waals surface area contributed by atoms with Gasteiger partial charge in [0.1, 0.15) is 11.4 Å². The van der Waals surface area contributed by atoms with Crippen molar-refractivity contribution < 1.29 is 14.6 Å². The normalized spacial score (nSPS) is 10.4. The van der Waals surface area contributed by atoms with Crippen LogP contribution in [0.4, 0.5) is 0 Å². The molecule has 20 heavy (non-hydrogen) atoms. The first kappa shape index (κ1) is 14.0. The number of carbonyl (C=O) groups is 1. The predicted octanol–water partition coefficient (Wildman–Crippen LogP) is 2.78. The van der Waals surface area contributed by atoms with E-state index in [1.165, 1.54) is 12.4 Å². The third-order valence-corrected chi connectivity index (χ3v) is 3.39. The van der Waals surface area contributed by atoms with Gasteiger partial charge in [0.25, 0.3) is 0 Å². The minimum atomic E-state index is -1.08. The molecule has 0 aliphatic heterocycles. The molecule has 2 rings (SSSR count). The van der Waals surface area contributed by atoms with Crippen molar-refractivity contribution in [2.75, 3.05) is 7.11 Å². The molecule has 0 unspecified atom stereocenters. The molecule has 1 heterocycles. The Hall–Kier alpha value is -2.43. The number of methoxy groups -OCH3 is 1. The van der Waals surface area contributed by atoms with Gasteiger partial charge in [-0.25, -0.2) is 9.78 Å². The Morgan fingerprint density at radius 2 is 1.80 bits per heavy atom. The number of rotatable bonds is 3. The second kappa shape index (κ2) is 5.28. The van der Waals surface area contributed by atoms with Crippen LogP contribution in [0, 0.1) is 20.8 Å². The highest BCUT2D eigenvalue weighted by atomic mass is 16.5. The maximum atomic E-state index is 11.3. The number of ether oxygens (including phenoxy) is 1. The minimum absolute atomic E-state index is 0.0421. The molecule has 0 fully saturated rings. The van der Waals surface area contributed by atoms with Gasteiger partial charge in [-0.15, -0.1) is 0 Å². The molecule has 0 saturated carbocycles. The molecule has 0 aliphatic rings. The van der Waals surface area contributed by atoms with Gasteiger partial charge in [-0.05, 0) is 43.5 Å². The zero-order chi connectivity index (χ0) is 14.9. The highest BCUT2D eigenvalue weighted by molar-refractivity contribution is 5.93. The molecule has 0 spiro atoms. The zero-order valence-corrected chi connectivity index (χ0v) is 11.9. The maximum Gasteiger partial charge on any atom is 0.356 e. The van der Waals surface area contributed by atoms with Crippen molar-refractivity contribution in [1.82, 2.24) is 9.97 Å². The Kier molecular flexibility index (Phi) is 3.70. The first-order valence-corrected chi connectivity index (χ1v) is 6.16. The monoisotopic (exact) mass is 272 g/mol. The van der Waals surface area contributed by atoms with Crippen LogP contribution in [0.25, 0.3) is 11.3 Å². The molecule has 0 aliphatic carbocycles. The fourth-order valence-corrected chi connectivity index (χ4v) is 2.31. The number of benzene rings is 1. The fraction of sp³-hybridized carbons (Fsp3) is 0.267. The summed E-state index contributed by atoms with van der Waals surface area (Å²) in [5.41, 5.74) is 3.96. The van der Waals surface area contributed by atoms with Crippen LogP contribution in [0.2, 0.25) is 0 Å². The van der Waals surface area contributed by atoms with E-state index in [4.69, 9.17) is 4.74 Å². The maximum absolute atomic E-state index is 11.3. The molecule has 0 saturated heterocycles. The van der Waals surface area contributed by atoms with Gasteiger partial charge < -0.3 is 9.84 Å². The lowest BCUT2D eigenvalue weighted by Crippen LogP contribution is -2.06. The van der Waals surface area contributed by atoms with Crippen molar-refractivity contribution >= 4 is 5.97 Å². The molecule has 1 N–H and O–H groups in total. The Balaban J connectivity index is 2.75. The Morgan fingerprint density at radius 1 is 1.15 bits per heavy atom. The van der Waals surface area contributed by atoms with E-state index in [1.807, 2.05) is 26.8 Å². The van der Waals surface area contributed by atoms with Gasteiger partial charge in [0, 0.05) is 18.0 Å². The largest absolute Gasteiger partial charge is 0.496 e. The molecule has 1 aromatic carbocycles. The van der Waals surface area contributed by atoms with Crippen LogP contribution in [0.15, 0.2) is 18.5 Å². The molecule has 104 valence electrons. The van der Waals surface area contributed by atoms with E-state index in [-0.39, 0.29) is 5.69 Å². The standard InChI is InChI=1S/C15H16N2O3/c1-8-7-11(9(2)10(3)14(8)20-4)12-13(15(18)19)17-6-5-16-12/h5-7H,1-4H3,(H,18,19). The number of carboxylic acids is 1. The summed E-state index contributed by atoms with van der Waals surface area (Å²) in [6.45, 7) is 5.79. The summed E-state index contributed by atoms with van der Waals surface area (Å²) in [4.78, 5) is 19.4. The smallest absolute Gasteiger partial charge is 0.356 e. The average molecular weight is 272 g/mol. The van der Waals surface area contributed by atoms with E-state index >= 15 is 0 Å². The lowest BCUT2D eigenvalue weighted by molar-refractivity contribution is 0.0691. The number of hydrogen-bond acceptors (Lipinski definition) is 4. The van der Waals surface area contributed by atoms with Crippen molar-refractivity contribution in [3.8, 4) is 17.0 Å². The van der Waals surface area contributed by atoms with Crippen molar-refractivity contribution in [1.29, 1.82) is 0 Å². The van der Waals surface area contributed by atoms with E-state index in [0.29, 0.717) is 5.69 Å². The summed E-state index contributed by atoms with van der Waals surface area (Å²) in [5.74, 6) is -0.273. The molecule has 5 nitrogen and oxygen atoms in total. The van der Waals surface area contributed by atoms with Gasteiger partial charge in [0.05, 0.1) is 7.11 Å². The second-order valence-corrected chi connectivity index (χ2v) is 4.58. The minimum Gasteiger partial charge on any atom is -0.496 e. The third-order valence-electron chi connectivity index (χ3n) is 3.39. The van der Waals surface area contributed by atoms with Crippen LogP contribution in [0.1, 0.15) is 27.2 Å². The van der Waals surface area contributed by atoms with Crippen LogP contribution in [-0.4, -0.2) is 28.2 Å². The topological polar surface area (TPSA) is 72.3 Å². The second-order valence-electron chi connectivity index (χ2n) is 4.58. The molecular formula is C15H16N2O3. The van der Waals surface area contributed by atoms with Gasteiger partial charge >= 0.3 is 5.97 Å². The van der Waals surface area contributed by atoms with Crippen molar-refractivity contribution in [2.45, 2.75) is 20.8 Å². The van der Waals surface area contributed by atoms with Crippen LogP contribution >= 0.6 is 0 Å². The summed E-state index contributed by atoms with van der Waals surface area (Å²) in [5, 5.41) is 9.23. The zero-order valence-electron chi connectivity index (χ0n) is 11.9. The van der Waals surface area contributed by atoms with Crippen LogP contribution in [0.5, 0.6) is 5.75 Å². The molecule has 1 aromatic heterocycles. The Morgan fingerprint density at radius 3 is 2.40 bits per heavy atom. The van der Waals surface area contributed by atoms with E-state index in [9.17, 15) is 9.90 Å². The van der Waals surface area contributed by atoms with Crippen LogP contribution in [-0.2, 0) is 0 Å². The van der Waals surface area contributed by atoms with Gasteiger partial charge in [-0.2, -0.15) is 0 Å². The lowest BCUT2D eigenvalue weighted by atomic mass is 9.95. The Bertz CT molecular complexity index is 681. The van der Waals surface area contributed by atoms with E-state index in [2.05, 4.69) is 9.97 Å². The Labute approximate surface area is 117 Å². The quantitative estimate of drug-likeness (QED) is 0.930. The summed E-state index contributed by atoms with van der Waals surface area (Å²) >= 11 is 0. The summed E-state index contributed by atoms with van der Waals surface area (Å²) < 4.78 is 5.37. The van der Waals surface area contributed by atoms with E-state index < -0.39 is 5.97 Å². The summed E-state index contributed by atoms with van der Waals surface area (Å²) in [6.07, 6.45) is 2.88. The van der Waals surface area contributed by atoms with Crippen LogP contribution in [0.3, 0.4) is 0 Å². The average Bonchev–Trinajstić information content (AvgIpc) is 2.43. The number of aromatic nitrogens is 2. The van der Waals surface area contributed by atoms with Crippen molar-refractivity contribution in [3.05, 3.63) is 40.8 Å². The lowest BCUT2D eigenvalue weighted by Gasteiger charge is -2.16. The first-order chi connectivity index (χ1) is 9.47. The number of carboxylic acid groups (broad SMARTS) is 1. The van der Waals surface area contributed by atoms with Gasteiger partial charge in [-0.1, -0.05) is 0 Å². The van der Waals surface area contributed by atoms with Crippen LogP contribution < -0.4 is 4.74 Å². The molecule has 0 amide bonds. The molecule has 0 bridgehead atoms. The number of hydrogen-bond donors (Lipinski definition) is 1. The van der Waals surface area contributed by atoms with Crippen molar-refractivity contribution in [2.24, 2.45) is 0 Å². The third kappa shape index (κ3) is 2.22. The fourth-order valence-electron chi connectivity index (χ4n) is 2.31. The molecular weight excluding hydrogens is 256 g/mol. The highest BCUT2D eigenvalue weighted by Crippen LogP contribution is 2.34. The molecule has 2 aromatic rings. The first-order valence-electron chi connectivity index (χ1n) is 6.16. The number of aromatic carboxylic acids is 1. The van der Waals surface area contributed by atoms with Gasteiger partial charge in [0.15, 0.2) is 5.69 Å². The number of nitrogens with zero attached hydrogens (tertiary/aromatic N) is 2. The number of aryl methyl sites for hydroxylation is 1. The van der Waals surface area contributed by atoms with E-state index in [1.54, 1.807) is 7.11 Å². The van der Waals surface area contributed by atoms with Crippen molar-refractivity contribution in [3.63, 3.8) is 0 Å². The van der Waals surface area contributed by atoms with Gasteiger partial charge in [0.2, 0.25) is 0 Å². The summed E-state index contributed by atoms with van der Waals surface area (Å²) in [6, 6.07) is 1.89. The molecule has 0 atom stereocenters. The summed E-state index contributed by atoms with van der Waals surface area (Å²) in [7, 11) is 1.62. The highest BCUT2D eigenvalue weighted by Gasteiger charge is 2.19.